The molecule has 4 rings (SSSR count). The molecule has 37 heavy (non-hydrogen) atoms. The van der Waals surface area contributed by atoms with Crippen molar-refractivity contribution >= 4 is 28.4 Å². The van der Waals surface area contributed by atoms with Gasteiger partial charge in [0.05, 0.1) is 29.6 Å². The zero-order valence-corrected chi connectivity index (χ0v) is 20.1. The fourth-order valence-electron chi connectivity index (χ4n) is 3.88. The van der Waals surface area contributed by atoms with Crippen LogP contribution in [0.5, 0.6) is 0 Å². The SMILES string of the molecule is COCCNC(=O)Cc1ccc(-n2c(=O)c3ccccc3n(CC(=O)Nc3ccc(F)cc3)c2=O)cc1. The molecule has 0 aliphatic rings. The predicted molar refractivity (Wildman–Crippen MR) is 137 cm³/mol. The quantitative estimate of drug-likeness (QED) is 0.340. The second-order valence-corrected chi connectivity index (χ2v) is 8.27. The number of anilines is 1. The van der Waals surface area contributed by atoms with Gasteiger partial charge in [-0.15, -0.1) is 0 Å². The molecule has 2 amide bonds. The smallest absolute Gasteiger partial charge is 0.336 e. The average molecular weight is 505 g/mol. The van der Waals surface area contributed by atoms with Gasteiger partial charge in [0.15, 0.2) is 0 Å². The molecule has 0 aliphatic heterocycles. The summed E-state index contributed by atoms with van der Waals surface area (Å²) in [6.07, 6.45) is 0.129. The molecule has 0 aliphatic carbocycles. The van der Waals surface area contributed by atoms with Crippen LogP contribution in [-0.2, 0) is 27.3 Å². The van der Waals surface area contributed by atoms with Crippen molar-refractivity contribution in [1.29, 1.82) is 0 Å². The van der Waals surface area contributed by atoms with Gasteiger partial charge in [0, 0.05) is 19.3 Å². The summed E-state index contributed by atoms with van der Waals surface area (Å²) in [5.74, 6) is -1.13. The van der Waals surface area contributed by atoms with Crippen LogP contribution in [-0.4, -0.2) is 41.2 Å². The van der Waals surface area contributed by atoms with Crippen molar-refractivity contribution in [2.24, 2.45) is 0 Å². The number of rotatable bonds is 9. The highest BCUT2D eigenvalue weighted by molar-refractivity contribution is 5.91. The number of nitrogens with one attached hydrogen (secondary N) is 2. The van der Waals surface area contributed by atoms with E-state index in [2.05, 4.69) is 10.6 Å². The Morgan fingerprint density at radius 1 is 0.919 bits per heavy atom. The number of aromatic nitrogens is 2. The third kappa shape index (κ3) is 5.99. The van der Waals surface area contributed by atoms with Crippen molar-refractivity contribution in [3.8, 4) is 5.69 Å². The largest absolute Gasteiger partial charge is 0.383 e. The van der Waals surface area contributed by atoms with Gasteiger partial charge in [-0.1, -0.05) is 24.3 Å². The van der Waals surface area contributed by atoms with Gasteiger partial charge in [0.1, 0.15) is 12.4 Å². The average Bonchev–Trinajstić information content (AvgIpc) is 2.89. The molecule has 4 aromatic rings. The van der Waals surface area contributed by atoms with Gasteiger partial charge in [0.25, 0.3) is 5.56 Å². The number of amides is 2. The molecular formula is C27H25FN4O5. The van der Waals surface area contributed by atoms with E-state index in [9.17, 15) is 23.6 Å². The Kier molecular flexibility index (Phi) is 7.89. The van der Waals surface area contributed by atoms with Crippen LogP contribution in [0.3, 0.4) is 0 Å². The molecule has 190 valence electrons. The van der Waals surface area contributed by atoms with Crippen molar-refractivity contribution in [2.75, 3.05) is 25.6 Å². The van der Waals surface area contributed by atoms with Gasteiger partial charge in [-0.3, -0.25) is 19.0 Å². The Hall–Kier alpha value is -4.57. The van der Waals surface area contributed by atoms with Crippen LogP contribution >= 0.6 is 0 Å². The zero-order valence-electron chi connectivity index (χ0n) is 20.1. The summed E-state index contributed by atoms with van der Waals surface area (Å²) in [6, 6.07) is 18.3. The number of carbonyl (C=O) groups is 2. The molecule has 2 N–H and O–H groups in total. The van der Waals surface area contributed by atoms with Gasteiger partial charge in [-0.05, 0) is 54.1 Å². The third-order valence-electron chi connectivity index (χ3n) is 5.67. The Labute approximate surface area is 211 Å². The minimum atomic E-state index is -0.692. The molecule has 10 heteroatoms. The number of halogens is 1. The maximum Gasteiger partial charge on any atom is 0.336 e. The monoisotopic (exact) mass is 504 g/mol. The Bertz CT molecular complexity index is 1540. The maximum atomic E-state index is 13.5. The molecule has 1 heterocycles. The predicted octanol–water partition coefficient (Wildman–Crippen LogP) is 2.24. The van der Waals surface area contributed by atoms with Crippen LogP contribution in [0, 0.1) is 5.82 Å². The van der Waals surface area contributed by atoms with E-state index in [0.29, 0.717) is 35.6 Å². The van der Waals surface area contributed by atoms with Gasteiger partial charge >= 0.3 is 5.69 Å². The molecule has 0 saturated heterocycles. The molecule has 0 unspecified atom stereocenters. The third-order valence-corrected chi connectivity index (χ3v) is 5.67. The fraction of sp³-hybridized carbons (Fsp3) is 0.185. The number of hydrogen-bond acceptors (Lipinski definition) is 5. The highest BCUT2D eigenvalue weighted by atomic mass is 19.1. The van der Waals surface area contributed by atoms with Gasteiger partial charge < -0.3 is 15.4 Å². The highest BCUT2D eigenvalue weighted by Crippen LogP contribution is 2.13. The van der Waals surface area contributed by atoms with E-state index < -0.39 is 23.0 Å². The van der Waals surface area contributed by atoms with Crippen LogP contribution in [0.25, 0.3) is 16.6 Å². The van der Waals surface area contributed by atoms with Crippen LogP contribution in [0.4, 0.5) is 10.1 Å². The minimum absolute atomic E-state index is 0.129. The zero-order chi connectivity index (χ0) is 26.4. The Balaban J connectivity index is 1.65. The first-order valence-electron chi connectivity index (χ1n) is 11.5. The number of ether oxygens (including phenoxy) is 1. The van der Waals surface area contributed by atoms with Crippen molar-refractivity contribution in [1.82, 2.24) is 14.5 Å². The number of methoxy groups -OCH3 is 1. The number of nitrogens with zero attached hydrogens (tertiary/aromatic N) is 2. The summed E-state index contributed by atoms with van der Waals surface area (Å²) in [7, 11) is 1.55. The molecule has 0 atom stereocenters. The number of carbonyl (C=O) groups excluding carboxylic acids is 2. The van der Waals surface area contributed by atoms with Crippen LogP contribution in [0.2, 0.25) is 0 Å². The van der Waals surface area contributed by atoms with Gasteiger partial charge in [-0.25, -0.2) is 13.8 Å². The van der Waals surface area contributed by atoms with Gasteiger partial charge in [0.2, 0.25) is 11.8 Å². The molecule has 0 bridgehead atoms. The van der Waals surface area contributed by atoms with Crippen molar-refractivity contribution in [2.45, 2.75) is 13.0 Å². The van der Waals surface area contributed by atoms with Crippen molar-refractivity contribution in [3.05, 3.63) is 105 Å². The number of para-hydroxylation sites is 1. The van der Waals surface area contributed by atoms with E-state index in [1.54, 1.807) is 55.6 Å². The topological polar surface area (TPSA) is 111 Å². The first-order valence-corrected chi connectivity index (χ1v) is 11.5. The van der Waals surface area contributed by atoms with E-state index in [-0.39, 0.29) is 24.3 Å². The molecule has 0 saturated carbocycles. The Morgan fingerprint density at radius 3 is 2.32 bits per heavy atom. The van der Waals surface area contributed by atoms with E-state index in [1.165, 1.54) is 28.8 Å². The highest BCUT2D eigenvalue weighted by Gasteiger charge is 2.17. The molecule has 0 spiro atoms. The summed E-state index contributed by atoms with van der Waals surface area (Å²) < 4.78 is 20.3. The van der Waals surface area contributed by atoms with Crippen LogP contribution in [0.1, 0.15) is 5.56 Å². The molecule has 1 aromatic heterocycles. The molecule has 0 radical (unpaired) electrons. The normalized spacial score (nSPS) is 10.9. The lowest BCUT2D eigenvalue weighted by Crippen LogP contribution is -2.40. The van der Waals surface area contributed by atoms with E-state index >= 15 is 0 Å². The van der Waals surface area contributed by atoms with E-state index in [4.69, 9.17) is 4.74 Å². The molecule has 0 fully saturated rings. The lowest BCUT2D eigenvalue weighted by Gasteiger charge is -2.14. The van der Waals surface area contributed by atoms with Crippen molar-refractivity contribution < 1.29 is 18.7 Å². The summed E-state index contributed by atoms with van der Waals surface area (Å²) in [4.78, 5) is 51.5. The lowest BCUT2D eigenvalue weighted by atomic mass is 10.1. The van der Waals surface area contributed by atoms with Gasteiger partial charge in [-0.2, -0.15) is 0 Å². The maximum absolute atomic E-state index is 13.5. The second-order valence-electron chi connectivity index (χ2n) is 8.27. The lowest BCUT2D eigenvalue weighted by molar-refractivity contribution is -0.120. The molecule has 9 nitrogen and oxygen atoms in total. The summed E-state index contributed by atoms with van der Waals surface area (Å²) in [5, 5.41) is 5.62. The van der Waals surface area contributed by atoms with Crippen LogP contribution in [0.15, 0.2) is 82.4 Å². The number of benzene rings is 3. The fourth-order valence-corrected chi connectivity index (χ4v) is 3.88. The van der Waals surface area contributed by atoms with E-state index in [1.807, 2.05) is 0 Å². The Morgan fingerprint density at radius 2 is 1.62 bits per heavy atom. The summed E-state index contributed by atoms with van der Waals surface area (Å²) in [6.45, 7) is 0.439. The summed E-state index contributed by atoms with van der Waals surface area (Å²) in [5.41, 5.74) is 0.471. The molecular weight excluding hydrogens is 479 g/mol. The summed E-state index contributed by atoms with van der Waals surface area (Å²) >= 11 is 0. The second kappa shape index (κ2) is 11.4. The van der Waals surface area contributed by atoms with Crippen LogP contribution < -0.4 is 21.9 Å². The number of hydrogen-bond donors (Lipinski definition) is 2. The van der Waals surface area contributed by atoms with E-state index in [0.717, 1.165) is 4.57 Å². The first-order chi connectivity index (χ1) is 17.9. The van der Waals surface area contributed by atoms with Crippen molar-refractivity contribution in [3.63, 3.8) is 0 Å². The first kappa shape index (κ1) is 25.5. The standard InChI is InChI=1S/C27H25FN4O5/c1-37-15-14-29-24(33)16-18-6-12-21(13-7-18)32-26(35)22-4-2-3-5-23(22)31(27(32)36)17-25(34)30-20-10-8-19(28)9-11-20/h2-13H,14-17H2,1H3,(H,29,33)(H,30,34). The minimum Gasteiger partial charge on any atom is -0.383 e. The molecule has 3 aromatic carbocycles. The number of fused-ring (bicyclic) bond motifs is 1.